The van der Waals surface area contributed by atoms with E-state index in [0.29, 0.717) is 6.41 Å². The Morgan fingerprint density at radius 1 is 1.80 bits per heavy atom. The minimum Gasteiger partial charge on any atom is -0.276 e. The largest absolute Gasteiger partial charge is 0.276 e. The monoisotopic (exact) mass is 91.0 g/mol. The molecular weight excluding hydrogens is 89.5 g/mol. The van der Waals surface area contributed by atoms with Crippen LogP contribution in [-0.2, 0) is 4.79 Å². The first-order chi connectivity index (χ1) is 2.41. The maximum absolute atomic E-state index is 9.12. The molecule has 0 fully saturated rings. The highest BCUT2D eigenvalue weighted by atomic mass is 35.5. The summed E-state index contributed by atoms with van der Waals surface area (Å²) in [7, 11) is 0. The highest BCUT2D eigenvalue weighted by Gasteiger charge is 1.49. The van der Waals surface area contributed by atoms with E-state index in [1.807, 2.05) is 0 Å². The molecule has 0 aliphatic carbocycles. The molecule has 0 radical (unpaired) electrons. The Balaban J connectivity index is 2.92. The van der Waals surface area contributed by atoms with Crippen LogP contribution in [0.15, 0.2) is 4.99 Å². The van der Waals surface area contributed by atoms with E-state index in [-0.39, 0.29) is 0 Å². The second kappa shape index (κ2) is 3.63. The normalized spacial score (nSPS) is 9.00. The lowest BCUT2D eigenvalue weighted by atomic mass is 11.4. The topological polar surface area (TPSA) is 29.4 Å². The molecule has 28 valence electrons. The van der Waals surface area contributed by atoms with Crippen molar-refractivity contribution in [2.24, 2.45) is 4.99 Å². The van der Waals surface area contributed by atoms with Gasteiger partial charge in [-0.3, -0.25) is 4.79 Å². The summed E-state index contributed by atoms with van der Waals surface area (Å²) in [6, 6.07) is 0. The lowest BCUT2D eigenvalue weighted by Crippen LogP contribution is -1.54. The van der Waals surface area contributed by atoms with Crippen LogP contribution in [0.1, 0.15) is 0 Å². The molecule has 0 aromatic rings. The second-order valence-corrected chi connectivity index (χ2v) is 0.547. The molecule has 0 aromatic carbocycles. The third kappa shape index (κ3) is 3.63. The van der Waals surface area contributed by atoms with Gasteiger partial charge in [-0.25, -0.2) is 4.99 Å². The molecule has 0 aliphatic heterocycles. The van der Waals surface area contributed by atoms with E-state index < -0.39 is 0 Å². The van der Waals surface area contributed by atoms with Crippen molar-refractivity contribution in [3.05, 3.63) is 0 Å². The van der Waals surface area contributed by atoms with Gasteiger partial charge in [0.05, 0.1) is 5.67 Å². The van der Waals surface area contributed by atoms with Crippen LogP contribution in [0.25, 0.3) is 0 Å². The SMILES string of the molecule is O=CN=CCl. The van der Waals surface area contributed by atoms with E-state index in [4.69, 9.17) is 16.4 Å². The number of nitrogens with zero attached hydrogens (tertiary/aromatic N) is 1. The first-order valence-corrected chi connectivity index (χ1v) is 1.41. The van der Waals surface area contributed by atoms with Crippen LogP contribution in [0.3, 0.4) is 0 Å². The zero-order valence-corrected chi connectivity index (χ0v) is 3.14. The summed E-state index contributed by atoms with van der Waals surface area (Å²) in [4.78, 5) is 12.1. The molecule has 0 heterocycles. The van der Waals surface area contributed by atoms with Gasteiger partial charge in [-0.2, -0.15) is 0 Å². The van der Waals surface area contributed by atoms with E-state index in [1.165, 1.54) is 0 Å². The lowest BCUT2D eigenvalue weighted by molar-refractivity contribution is -0.106. The Kier molecular flexibility index (Phi) is 3.36. The molecule has 5 heavy (non-hydrogen) atoms. The average Bonchev–Trinajstić information content (AvgIpc) is 1.41. The van der Waals surface area contributed by atoms with E-state index in [9.17, 15) is 0 Å². The highest BCUT2D eigenvalue weighted by molar-refractivity contribution is 6.56. The third-order valence-corrected chi connectivity index (χ3v) is 0.230. The van der Waals surface area contributed by atoms with E-state index >= 15 is 0 Å². The molecule has 1 amide bonds. The maximum Gasteiger partial charge on any atom is 0.233 e. The van der Waals surface area contributed by atoms with Crippen LogP contribution < -0.4 is 0 Å². The summed E-state index contributed by atoms with van der Waals surface area (Å²) in [5.41, 5.74) is 0.910. The van der Waals surface area contributed by atoms with Crippen molar-refractivity contribution in [1.29, 1.82) is 0 Å². The van der Waals surface area contributed by atoms with Gasteiger partial charge in [-0.1, -0.05) is 11.6 Å². The Hall–Kier alpha value is -0.370. The van der Waals surface area contributed by atoms with Crippen LogP contribution in [0.4, 0.5) is 0 Å². The van der Waals surface area contributed by atoms with E-state index in [1.54, 1.807) is 0 Å². The molecule has 0 N–H and O–H groups in total. The van der Waals surface area contributed by atoms with Crippen molar-refractivity contribution in [1.82, 2.24) is 0 Å². The number of aliphatic imine (C=N–C) groups is 1. The molecule has 0 spiro atoms. The summed E-state index contributed by atoms with van der Waals surface area (Å²) in [5, 5.41) is 0. The summed E-state index contributed by atoms with van der Waals surface area (Å²) >= 11 is 4.78. The number of hydrogen-bond acceptors (Lipinski definition) is 1. The molecule has 2 nitrogen and oxygen atoms in total. The number of carbonyl (C=O) groups excluding carboxylic acids is 1. The number of hydrogen-bond donors (Lipinski definition) is 0. The first kappa shape index (κ1) is 4.63. The maximum atomic E-state index is 9.12. The minimum absolute atomic E-state index is 0.368. The predicted octanol–water partition coefficient (Wildman–Crippen LogP) is 0.410. The molecule has 0 saturated heterocycles. The molecule has 0 saturated carbocycles. The molecule has 0 unspecified atom stereocenters. The van der Waals surface area contributed by atoms with Gasteiger partial charge >= 0.3 is 0 Å². The highest BCUT2D eigenvalue weighted by Crippen LogP contribution is 1.56. The zero-order chi connectivity index (χ0) is 4.12. The fourth-order valence-corrected chi connectivity index (χ4v) is 0.0690. The van der Waals surface area contributed by atoms with Gasteiger partial charge in [-0.05, 0) is 0 Å². The second-order valence-electron chi connectivity index (χ2n) is 0.352. The lowest BCUT2D eigenvalue weighted by Gasteiger charge is -1.51. The predicted molar refractivity (Wildman–Crippen MR) is 20.4 cm³/mol. The summed E-state index contributed by atoms with van der Waals surface area (Å²) in [6.07, 6.45) is 0.368. The van der Waals surface area contributed by atoms with Gasteiger partial charge in [0.2, 0.25) is 6.41 Å². The van der Waals surface area contributed by atoms with E-state index in [2.05, 4.69) is 4.99 Å². The summed E-state index contributed by atoms with van der Waals surface area (Å²) in [5.74, 6) is 0. The van der Waals surface area contributed by atoms with Gasteiger partial charge < -0.3 is 0 Å². The standard InChI is InChI=1S/C2H2ClNO/c3-1-4-2-5/h1-2H. The van der Waals surface area contributed by atoms with Crippen molar-refractivity contribution in [3.8, 4) is 0 Å². The van der Waals surface area contributed by atoms with Crippen molar-refractivity contribution >= 4 is 23.7 Å². The smallest absolute Gasteiger partial charge is 0.233 e. The van der Waals surface area contributed by atoms with Gasteiger partial charge in [0.15, 0.2) is 0 Å². The molecular formula is C2H2ClNO. The van der Waals surface area contributed by atoms with Crippen LogP contribution in [0.2, 0.25) is 0 Å². The molecule has 0 bridgehead atoms. The minimum atomic E-state index is 0.368. The number of halogens is 1. The molecule has 0 aromatic heterocycles. The zero-order valence-electron chi connectivity index (χ0n) is 2.39. The van der Waals surface area contributed by atoms with Crippen LogP contribution in [0, 0.1) is 0 Å². The molecule has 3 heteroatoms. The first-order valence-electron chi connectivity index (χ1n) is 0.970. The molecule has 0 aliphatic rings. The fraction of sp³-hybridized carbons (Fsp3) is 0. The average molecular weight is 91.5 g/mol. The quantitative estimate of drug-likeness (QED) is 0.340. The Labute approximate surface area is 34.5 Å². The van der Waals surface area contributed by atoms with Gasteiger partial charge in [-0.15, -0.1) is 0 Å². The molecule has 0 atom stereocenters. The van der Waals surface area contributed by atoms with Crippen LogP contribution in [0.5, 0.6) is 0 Å². The summed E-state index contributed by atoms with van der Waals surface area (Å²) < 4.78 is 0. The summed E-state index contributed by atoms with van der Waals surface area (Å²) in [6.45, 7) is 0. The Bertz CT molecular complexity index is 51.6. The number of carbonyl (C=O) groups is 1. The fourth-order valence-electron chi connectivity index (χ4n) is 0.0230. The van der Waals surface area contributed by atoms with E-state index in [0.717, 1.165) is 5.67 Å². The van der Waals surface area contributed by atoms with Gasteiger partial charge in [0.1, 0.15) is 0 Å². The van der Waals surface area contributed by atoms with Crippen LogP contribution in [-0.4, -0.2) is 12.1 Å². The third-order valence-electron chi connectivity index (χ3n) is 0.117. The van der Waals surface area contributed by atoms with Crippen molar-refractivity contribution in [2.75, 3.05) is 0 Å². The van der Waals surface area contributed by atoms with Crippen LogP contribution >= 0.6 is 11.6 Å². The Morgan fingerprint density at radius 3 is 2.40 bits per heavy atom. The van der Waals surface area contributed by atoms with Crippen molar-refractivity contribution in [2.45, 2.75) is 0 Å². The Morgan fingerprint density at radius 2 is 2.40 bits per heavy atom. The van der Waals surface area contributed by atoms with Gasteiger partial charge in [0.25, 0.3) is 0 Å². The number of rotatable bonds is 1. The number of amides is 1. The van der Waals surface area contributed by atoms with Crippen molar-refractivity contribution in [3.63, 3.8) is 0 Å². The van der Waals surface area contributed by atoms with Crippen molar-refractivity contribution < 1.29 is 4.79 Å². The van der Waals surface area contributed by atoms with Gasteiger partial charge in [0, 0.05) is 0 Å². The molecule has 0 rings (SSSR count).